The lowest BCUT2D eigenvalue weighted by atomic mass is 10.2. The van der Waals surface area contributed by atoms with Crippen molar-refractivity contribution < 1.29 is 4.39 Å². The fourth-order valence-electron chi connectivity index (χ4n) is 1.08. The van der Waals surface area contributed by atoms with Crippen LogP contribution in [-0.2, 0) is 6.54 Å². The van der Waals surface area contributed by atoms with Crippen LogP contribution < -0.4 is 0 Å². The molecule has 1 rings (SSSR count). The first-order chi connectivity index (χ1) is 6.63. The minimum absolute atomic E-state index is 0.225. The number of hydrogen-bond donors (Lipinski definition) is 0. The van der Waals surface area contributed by atoms with Crippen LogP contribution in [0.5, 0.6) is 0 Å². The molecule has 0 atom stereocenters. The minimum Gasteiger partial charge on any atom is -0.356 e. The van der Waals surface area contributed by atoms with Crippen LogP contribution in [0.25, 0.3) is 0 Å². The van der Waals surface area contributed by atoms with E-state index in [1.807, 2.05) is 11.9 Å². The van der Waals surface area contributed by atoms with Gasteiger partial charge in [0.15, 0.2) is 0 Å². The van der Waals surface area contributed by atoms with Crippen LogP contribution in [0.3, 0.4) is 0 Å². The summed E-state index contributed by atoms with van der Waals surface area (Å²) in [6.45, 7) is 7.75. The molecule has 1 aromatic carbocycles. The molecule has 0 saturated heterocycles. The van der Waals surface area contributed by atoms with E-state index in [1.54, 1.807) is 12.1 Å². The average molecular weight is 192 g/mol. The average Bonchev–Trinajstić information content (AvgIpc) is 2.20. The van der Waals surface area contributed by atoms with Crippen molar-refractivity contribution in [3.8, 4) is 0 Å². The number of benzene rings is 1. The molecule has 0 fully saturated rings. The Morgan fingerprint density at radius 1 is 1.43 bits per heavy atom. The summed E-state index contributed by atoms with van der Waals surface area (Å²) in [5.74, 6) is 0.381. The van der Waals surface area contributed by atoms with Gasteiger partial charge in [0.1, 0.15) is 11.6 Å². The van der Waals surface area contributed by atoms with Crippen LogP contribution in [0.1, 0.15) is 5.56 Å². The highest BCUT2D eigenvalue weighted by Crippen LogP contribution is 2.08. The molecule has 0 bridgehead atoms. The molecule has 0 heterocycles. The van der Waals surface area contributed by atoms with E-state index < -0.39 is 0 Å². The third-order valence-corrected chi connectivity index (χ3v) is 1.96. The predicted octanol–water partition coefficient (Wildman–Crippen LogP) is 2.43. The molecule has 1 aromatic rings. The highest BCUT2D eigenvalue weighted by Gasteiger charge is 2.00. The highest BCUT2D eigenvalue weighted by atomic mass is 19.1. The number of nitrogens with zero attached hydrogens (tertiary/aromatic N) is 2. The highest BCUT2D eigenvalue weighted by molar-refractivity contribution is 5.27. The van der Waals surface area contributed by atoms with E-state index in [4.69, 9.17) is 0 Å². The summed E-state index contributed by atoms with van der Waals surface area (Å²) in [4.78, 5) is 5.56. The van der Waals surface area contributed by atoms with Crippen LogP contribution in [0.15, 0.2) is 41.7 Å². The predicted molar refractivity (Wildman–Crippen MR) is 56.6 cm³/mol. The second-order valence-corrected chi connectivity index (χ2v) is 3.06. The SMILES string of the molecule is C=NC(=C)N(C)Cc1ccc(F)cc1. The van der Waals surface area contributed by atoms with Crippen LogP contribution in [0.4, 0.5) is 4.39 Å². The van der Waals surface area contributed by atoms with Gasteiger partial charge in [0, 0.05) is 13.6 Å². The van der Waals surface area contributed by atoms with E-state index >= 15 is 0 Å². The molecule has 0 aliphatic carbocycles. The van der Waals surface area contributed by atoms with Gasteiger partial charge in [-0.2, -0.15) is 0 Å². The normalized spacial score (nSPS) is 9.57. The summed E-state index contributed by atoms with van der Waals surface area (Å²) in [6, 6.07) is 6.35. The molecular formula is C11H13FN2. The van der Waals surface area contributed by atoms with Crippen molar-refractivity contribution in [3.63, 3.8) is 0 Å². The maximum atomic E-state index is 12.6. The Labute approximate surface area is 83.4 Å². The molecule has 14 heavy (non-hydrogen) atoms. The smallest absolute Gasteiger partial charge is 0.123 e. The van der Waals surface area contributed by atoms with Crippen LogP contribution in [0, 0.1) is 5.82 Å². The maximum Gasteiger partial charge on any atom is 0.123 e. The lowest BCUT2D eigenvalue weighted by molar-refractivity contribution is 0.410. The van der Waals surface area contributed by atoms with Gasteiger partial charge in [0.25, 0.3) is 0 Å². The first-order valence-corrected chi connectivity index (χ1v) is 4.24. The number of hydrogen-bond acceptors (Lipinski definition) is 2. The van der Waals surface area contributed by atoms with Gasteiger partial charge in [-0.3, -0.25) is 0 Å². The maximum absolute atomic E-state index is 12.6. The zero-order valence-electron chi connectivity index (χ0n) is 8.20. The molecule has 0 aromatic heterocycles. The monoisotopic (exact) mass is 192 g/mol. The van der Waals surface area contributed by atoms with E-state index in [1.165, 1.54) is 12.1 Å². The van der Waals surface area contributed by atoms with E-state index in [0.717, 1.165) is 5.56 Å². The van der Waals surface area contributed by atoms with E-state index in [0.29, 0.717) is 12.4 Å². The van der Waals surface area contributed by atoms with Gasteiger partial charge in [0.05, 0.1) is 0 Å². The van der Waals surface area contributed by atoms with E-state index in [-0.39, 0.29) is 5.82 Å². The zero-order chi connectivity index (χ0) is 10.6. The van der Waals surface area contributed by atoms with Crippen molar-refractivity contribution >= 4 is 6.72 Å². The quantitative estimate of drug-likeness (QED) is 0.669. The van der Waals surface area contributed by atoms with E-state index in [9.17, 15) is 4.39 Å². The Bertz CT molecular complexity index is 330. The Morgan fingerprint density at radius 2 is 2.00 bits per heavy atom. The second kappa shape index (κ2) is 4.56. The molecule has 0 spiro atoms. The minimum atomic E-state index is -0.225. The van der Waals surface area contributed by atoms with Crippen molar-refractivity contribution in [1.82, 2.24) is 4.90 Å². The molecule has 0 amide bonds. The first kappa shape index (κ1) is 10.4. The summed E-state index contributed by atoms with van der Waals surface area (Å²) in [7, 11) is 1.86. The topological polar surface area (TPSA) is 15.6 Å². The van der Waals surface area contributed by atoms with Crippen LogP contribution >= 0.6 is 0 Å². The standard InChI is InChI=1S/C11H13FN2/c1-9(13-2)14(3)8-10-4-6-11(12)7-5-10/h4-7H,1-2,8H2,3H3. The third kappa shape index (κ3) is 2.69. The molecular weight excluding hydrogens is 179 g/mol. The van der Waals surface area contributed by atoms with Gasteiger partial charge in [-0.1, -0.05) is 18.7 Å². The van der Waals surface area contributed by atoms with Crippen molar-refractivity contribution in [2.45, 2.75) is 6.54 Å². The Balaban J connectivity index is 2.64. The molecule has 0 saturated carbocycles. The Kier molecular flexibility index (Phi) is 3.40. The van der Waals surface area contributed by atoms with Gasteiger partial charge < -0.3 is 4.90 Å². The van der Waals surface area contributed by atoms with Gasteiger partial charge in [-0.25, -0.2) is 9.38 Å². The largest absolute Gasteiger partial charge is 0.356 e. The summed E-state index contributed by atoms with van der Waals surface area (Å²) in [5.41, 5.74) is 1.01. The fraction of sp³-hybridized carbons (Fsp3) is 0.182. The van der Waals surface area contributed by atoms with Crippen molar-refractivity contribution in [1.29, 1.82) is 0 Å². The van der Waals surface area contributed by atoms with Gasteiger partial charge >= 0.3 is 0 Å². The number of aliphatic imine (C=N–C) groups is 1. The number of halogens is 1. The molecule has 74 valence electrons. The Hall–Kier alpha value is -1.64. The summed E-state index contributed by atoms with van der Waals surface area (Å²) in [6.07, 6.45) is 0. The van der Waals surface area contributed by atoms with Crippen LogP contribution in [-0.4, -0.2) is 18.7 Å². The molecule has 0 aliphatic heterocycles. The van der Waals surface area contributed by atoms with Crippen LogP contribution in [0.2, 0.25) is 0 Å². The lowest BCUT2D eigenvalue weighted by Gasteiger charge is -2.17. The van der Waals surface area contributed by atoms with Crippen molar-refractivity contribution in [2.75, 3.05) is 7.05 Å². The van der Waals surface area contributed by atoms with Gasteiger partial charge in [-0.05, 0) is 24.4 Å². The first-order valence-electron chi connectivity index (χ1n) is 4.24. The molecule has 0 aliphatic rings. The second-order valence-electron chi connectivity index (χ2n) is 3.06. The fourth-order valence-corrected chi connectivity index (χ4v) is 1.08. The Morgan fingerprint density at radius 3 is 2.50 bits per heavy atom. The van der Waals surface area contributed by atoms with Crippen molar-refractivity contribution in [3.05, 3.63) is 48.0 Å². The van der Waals surface area contributed by atoms with E-state index in [2.05, 4.69) is 18.3 Å². The molecule has 0 radical (unpaired) electrons. The third-order valence-electron chi connectivity index (χ3n) is 1.96. The summed E-state index contributed by atoms with van der Waals surface area (Å²) >= 11 is 0. The molecule has 0 N–H and O–H groups in total. The zero-order valence-corrected chi connectivity index (χ0v) is 8.20. The van der Waals surface area contributed by atoms with Gasteiger partial charge in [0.2, 0.25) is 0 Å². The van der Waals surface area contributed by atoms with Crippen molar-refractivity contribution in [2.24, 2.45) is 4.99 Å². The molecule has 2 nitrogen and oxygen atoms in total. The molecule has 0 unspecified atom stereocenters. The molecule has 3 heteroatoms. The van der Waals surface area contributed by atoms with Gasteiger partial charge in [-0.15, -0.1) is 0 Å². The number of rotatable bonds is 4. The summed E-state index contributed by atoms with van der Waals surface area (Å²) < 4.78 is 12.6. The summed E-state index contributed by atoms with van der Waals surface area (Å²) in [5, 5.41) is 0. The lowest BCUT2D eigenvalue weighted by Crippen LogP contribution is -2.14.